The van der Waals surface area contributed by atoms with Gasteiger partial charge in [-0.1, -0.05) is 121 Å². The van der Waals surface area contributed by atoms with Gasteiger partial charge in [0.15, 0.2) is 5.58 Å². The number of hydrogen-bond acceptors (Lipinski definition) is 3. The average molecular weight is 653 g/mol. The predicted octanol–water partition coefficient (Wildman–Crippen LogP) is 13.0. The lowest BCUT2D eigenvalue weighted by Gasteiger charge is -2.10. The van der Waals surface area contributed by atoms with E-state index in [1.807, 2.05) is 36.4 Å². The standard InChI is InChI=1S/C47H28N2O2/c1-3-11-30(12-4-1)38-28-42-44(43-37-17-9-10-18-41(37)50-46(38)43)48-47(51-42)32-21-19-29(20-22-32)33-24-26-40-39(27-33)36-25-23-31-13-7-8-16-35(31)45(36)49(40)34-14-5-2-6-15-34/h1-28H. The Hall–Kier alpha value is -6.91. The molecule has 0 N–H and O–H groups in total. The zero-order chi connectivity index (χ0) is 33.5. The van der Waals surface area contributed by atoms with Crippen LogP contribution in [0.2, 0.25) is 0 Å². The largest absolute Gasteiger partial charge is 0.455 e. The number of rotatable bonds is 4. The highest BCUT2D eigenvalue weighted by atomic mass is 16.4. The molecule has 11 aromatic rings. The maximum absolute atomic E-state index is 6.52. The van der Waals surface area contributed by atoms with Crippen molar-refractivity contribution in [3.05, 3.63) is 170 Å². The lowest BCUT2D eigenvalue weighted by molar-refractivity contribution is 0.619. The zero-order valence-corrected chi connectivity index (χ0v) is 27.4. The molecular formula is C47H28N2O2. The Bertz CT molecular complexity index is 3110. The summed E-state index contributed by atoms with van der Waals surface area (Å²) in [6.07, 6.45) is 0. The van der Waals surface area contributed by atoms with Gasteiger partial charge >= 0.3 is 0 Å². The maximum atomic E-state index is 6.52. The van der Waals surface area contributed by atoms with Crippen molar-refractivity contribution in [1.82, 2.24) is 9.55 Å². The minimum atomic E-state index is 0.585. The average Bonchev–Trinajstić information content (AvgIpc) is 3.90. The van der Waals surface area contributed by atoms with Crippen molar-refractivity contribution in [3.8, 4) is 39.4 Å². The Morgan fingerprint density at radius 3 is 2.00 bits per heavy atom. The highest BCUT2D eigenvalue weighted by Gasteiger charge is 2.21. The Kier molecular flexibility index (Phi) is 5.92. The van der Waals surface area contributed by atoms with Crippen molar-refractivity contribution in [2.24, 2.45) is 0 Å². The van der Waals surface area contributed by atoms with Crippen LogP contribution in [0.5, 0.6) is 0 Å². The predicted molar refractivity (Wildman–Crippen MR) is 209 cm³/mol. The maximum Gasteiger partial charge on any atom is 0.227 e. The van der Waals surface area contributed by atoms with Gasteiger partial charge in [0.25, 0.3) is 0 Å². The van der Waals surface area contributed by atoms with Gasteiger partial charge in [-0.25, -0.2) is 4.98 Å². The summed E-state index contributed by atoms with van der Waals surface area (Å²) in [4.78, 5) is 5.07. The van der Waals surface area contributed by atoms with Gasteiger partial charge in [-0.15, -0.1) is 0 Å². The molecule has 11 rings (SSSR count). The topological polar surface area (TPSA) is 44.1 Å². The number of nitrogens with zero attached hydrogens (tertiary/aromatic N) is 2. The van der Waals surface area contributed by atoms with E-state index in [1.54, 1.807) is 0 Å². The number of aromatic nitrogens is 2. The van der Waals surface area contributed by atoms with Crippen LogP contribution in [0.3, 0.4) is 0 Å². The van der Waals surface area contributed by atoms with Crippen LogP contribution in [-0.2, 0) is 0 Å². The van der Waals surface area contributed by atoms with Gasteiger partial charge in [0, 0.05) is 38.4 Å². The molecule has 51 heavy (non-hydrogen) atoms. The van der Waals surface area contributed by atoms with E-state index in [9.17, 15) is 0 Å². The van der Waals surface area contributed by atoms with E-state index in [0.717, 1.165) is 66.5 Å². The van der Waals surface area contributed by atoms with E-state index in [0.29, 0.717) is 5.89 Å². The second kappa shape index (κ2) is 10.8. The first-order chi connectivity index (χ1) is 25.3. The Balaban J connectivity index is 1.04. The molecule has 8 aromatic carbocycles. The number of benzene rings is 8. The SMILES string of the molecule is c1ccc(-c2cc3oc(-c4ccc(-c5ccc6c(c5)c5ccc7ccccc7c5n6-c5ccccc5)cc4)nc3c3c2oc2ccccc23)cc1. The first-order valence-corrected chi connectivity index (χ1v) is 17.2. The second-order valence-electron chi connectivity index (χ2n) is 13.1. The van der Waals surface area contributed by atoms with E-state index in [4.69, 9.17) is 13.8 Å². The molecular weight excluding hydrogens is 625 g/mol. The molecule has 238 valence electrons. The van der Waals surface area contributed by atoms with Crippen molar-refractivity contribution >= 4 is 65.6 Å². The minimum Gasteiger partial charge on any atom is -0.455 e. The summed E-state index contributed by atoms with van der Waals surface area (Å²) in [5.41, 5.74) is 12.0. The molecule has 0 amide bonds. The van der Waals surface area contributed by atoms with Crippen LogP contribution in [0.1, 0.15) is 0 Å². The van der Waals surface area contributed by atoms with E-state index >= 15 is 0 Å². The minimum absolute atomic E-state index is 0.585. The Morgan fingerprint density at radius 1 is 0.451 bits per heavy atom. The fraction of sp³-hybridized carbons (Fsp3) is 0. The Morgan fingerprint density at radius 2 is 1.16 bits per heavy atom. The van der Waals surface area contributed by atoms with E-state index in [-0.39, 0.29) is 0 Å². The van der Waals surface area contributed by atoms with Crippen LogP contribution < -0.4 is 0 Å². The molecule has 3 aromatic heterocycles. The molecule has 0 saturated heterocycles. The third-order valence-electron chi connectivity index (χ3n) is 10.2. The smallest absolute Gasteiger partial charge is 0.227 e. The summed E-state index contributed by atoms with van der Waals surface area (Å²) in [5, 5.41) is 6.96. The molecule has 0 atom stereocenters. The third kappa shape index (κ3) is 4.23. The molecule has 4 nitrogen and oxygen atoms in total. The lowest BCUT2D eigenvalue weighted by atomic mass is 10.0. The van der Waals surface area contributed by atoms with E-state index < -0.39 is 0 Å². The molecule has 4 heteroatoms. The number of oxazole rings is 1. The van der Waals surface area contributed by atoms with Gasteiger partial charge in [-0.3, -0.25) is 0 Å². The summed E-state index contributed by atoms with van der Waals surface area (Å²) < 4.78 is 15.4. The molecule has 0 spiro atoms. The van der Waals surface area contributed by atoms with Gasteiger partial charge in [0.2, 0.25) is 5.89 Å². The number of hydrogen-bond donors (Lipinski definition) is 0. The van der Waals surface area contributed by atoms with E-state index in [1.165, 1.54) is 32.6 Å². The summed E-state index contributed by atoms with van der Waals surface area (Å²) in [6, 6.07) is 59.6. The molecule has 0 aliphatic carbocycles. The van der Waals surface area contributed by atoms with E-state index in [2.05, 4.69) is 138 Å². The fourth-order valence-corrected chi connectivity index (χ4v) is 7.84. The molecule has 3 heterocycles. The van der Waals surface area contributed by atoms with Crippen molar-refractivity contribution in [2.75, 3.05) is 0 Å². The summed E-state index contributed by atoms with van der Waals surface area (Å²) >= 11 is 0. The first kappa shape index (κ1) is 28.0. The zero-order valence-electron chi connectivity index (χ0n) is 27.4. The normalized spacial score (nSPS) is 11.9. The van der Waals surface area contributed by atoms with Gasteiger partial charge in [0.1, 0.15) is 16.7 Å². The quantitative estimate of drug-likeness (QED) is 0.190. The van der Waals surface area contributed by atoms with Gasteiger partial charge in [0.05, 0.1) is 16.4 Å². The van der Waals surface area contributed by atoms with Crippen molar-refractivity contribution in [3.63, 3.8) is 0 Å². The van der Waals surface area contributed by atoms with Crippen molar-refractivity contribution in [1.29, 1.82) is 0 Å². The number of fused-ring (bicyclic) bond motifs is 10. The van der Waals surface area contributed by atoms with Gasteiger partial charge in [-0.05, 0) is 70.6 Å². The molecule has 0 aliphatic rings. The molecule has 0 aliphatic heterocycles. The third-order valence-corrected chi connectivity index (χ3v) is 10.2. The van der Waals surface area contributed by atoms with Crippen LogP contribution in [0, 0.1) is 0 Å². The molecule has 0 radical (unpaired) electrons. The molecule has 0 unspecified atom stereocenters. The highest BCUT2D eigenvalue weighted by Crippen LogP contribution is 2.43. The van der Waals surface area contributed by atoms with Crippen LogP contribution in [0.15, 0.2) is 179 Å². The number of furan rings is 1. The van der Waals surface area contributed by atoms with Crippen LogP contribution in [0.4, 0.5) is 0 Å². The van der Waals surface area contributed by atoms with Crippen LogP contribution in [0.25, 0.3) is 105 Å². The van der Waals surface area contributed by atoms with Crippen molar-refractivity contribution < 1.29 is 8.83 Å². The fourth-order valence-electron chi connectivity index (χ4n) is 7.84. The van der Waals surface area contributed by atoms with Crippen molar-refractivity contribution in [2.45, 2.75) is 0 Å². The first-order valence-electron chi connectivity index (χ1n) is 17.2. The lowest BCUT2D eigenvalue weighted by Crippen LogP contribution is -1.93. The summed E-state index contributed by atoms with van der Waals surface area (Å²) in [6.45, 7) is 0. The molecule has 0 bridgehead atoms. The van der Waals surface area contributed by atoms with Crippen LogP contribution in [-0.4, -0.2) is 9.55 Å². The summed E-state index contributed by atoms with van der Waals surface area (Å²) in [7, 11) is 0. The van der Waals surface area contributed by atoms with Gasteiger partial charge < -0.3 is 13.4 Å². The summed E-state index contributed by atoms with van der Waals surface area (Å²) in [5.74, 6) is 0.585. The van der Waals surface area contributed by atoms with Gasteiger partial charge in [-0.2, -0.15) is 0 Å². The second-order valence-corrected chi connectivity index (χ2v) is 13.1. The van der Waals surface area contributed by atoms with Crippen LogP contribution >= 0.6 is 0 Å². The number of para-hydroxylation sites is 2. The molecule has 0 fully saturated rings. The highest BCUT2D eigenvalue weighted by molar-refractivity contribution is 6.21. The Labute approximate surface area is 292 Å². The monoisotopic (exact) mass is 652 g/mol. The molecule has 0 saturated carbocycles.